The number of Topliss-reactive ketones (excluding diaryl/α,β-unsaturated/α-hetero) is 1. The van der Waals surface area contributed by atoms with Gasteiger partial charge in [0, 0.05) is 40.8 Å². The lowest BCUT2D eigenvalue weighted by Crippen LogP contribution is -2.36. The van der Waals surface area contributed by atoms with E-state index in [0.29, 0.717) is 30.6 Å². The van der Waals surface area contributed by atoms with Gasteiger partial charge in [-0.3, -0.25) is 4.79 Å². The number of benzene rings is 1. The lowest BCUT2D eigenvalue weighted by molar-refractivity contribution is -0.142. The molecule has 34 heavy (non-hydrogen) atoms. The number of nitrogens with one attached hydrogen (secondary N) is 1. The van der Waals surface area contributed by atoms with E-state index in [1.54, 1.807) is 18.4 Å². The van der Waals surface area contributed by atoms with Gasteiger partial charge < -0.3 is 19.5 Å². The Balaban J connectivity index is 1.47. The molecule has 0 unspecified atom stereocenters. The molecule has 3 atom stereocenters. The van der Waals surface area contributed by atoms with Crippen LogP contribution in [0.25, 0.3) is 0 Å². The first-order chi connectivity index (χ1) is 16.6. The van der Waals surface area contributed by atoms with Crippen molar-refractivity contribution < 1.29 is 23.8 Å². The van der Waals surface area contributed by atoms with E-state index < -0.39 is 5.92 Å². The van der Waals surface area contributed by atoms with Crippen LogP contribution in [0.3, 0.4) is 0 Å². The molecule has 6 nitrogen and oxygen atoms in total. The van der Waals surface area contributed by atoms with Gasteiger partial charge in [-0.15, -0.1) is 11.3 Å². The fourth-order valence-corrected chi connectivity index (χ4v) is 6.14. The molecule has 3 heterocycles. The van der Waals surface area contributed by atoms with Crippen molar-refractivity contribution in [2.75, 3.05) is 20.3 Å². The molecule has 5 rings (SSSR count). The first-order valence-electron chi connectivity index (χ1n) is 11.8. The number of ketones is 1. The predicted octanol–water partition coefficient (Wildman–Crippen LogP) is 4.84. The second kappa shape index (κ2) is 9.76. The van der Waals surface area contributed by atoms with Crippen LogP contribution in [-0.4, -0.2) is 38.2 Å². The van der Waals surface area contributed by atoms with E-state index in [1.165, 1.54) is 0 Å². The van der Waals surface area contributed by atoms with Crippen molar-refractivity contribution in [1.82, 2.24) is 5.32 Å². The zero-order valence-electron chi connectivity index (χ0n) is 19.5. The first kappa shape index (κ1) is 22.9. The minimum absolute atomic E-state index is 0.0136. The largest absolute Gasteiger partial charge is 0.496 e. The number of allylic oxidation sites excluding steroid dienone is 3. The first-order valence-corrected chi connectivity index (χ1v) is 12.6. The summed E-state index contributed by atoms with van der Waals surface area (Å²) < 4.78 is 16.9. The summed E-state index contributed by atoms with van der Waals surface area (Å²) in [7, 11) is 1.65. The van der Waals surface area contributed by atoms with Crippen LogP contribution in [0.5, 0.6) is 5.75 Å². The molecule has 178 valence electrons. The topological polar surface area (TPSA) is 73.9 Å². The summed E-state index contributed by atoms with van der Waals surface area (Å²) in [6.45, 7) is 2.84. The minimum atomic E-state index is -0.417. The number of hydrogen-bond donors (Lipinski definition) is 1. The Bertz CT molecular complexity index is 1140. The molecule has 0 saturated carbocycles. The maximum absolute atomic E-state index is 13.6. The molecule has 2 aliphatic heterocycles. The zero-order chi connectivity index (χ0) is 23.7. The van der Waals surface area contributed by atoms with Crippen LogP contribution in [0, 0.1) is 0 Å². The van der Waals surface area contributed by atoms with E-state index in [-0.39, 0.29) is 30.4 Å². The van der Waals surface area contributed by atoms with Gasteiger partial charge >= 0.3 is 5.97 Å². The van der Waals surface area contributed by atoms with Gasteiger partial charge in [-0.1, -0.05) is 24.3 Å². The zero-order valence-corrected chi connectivity index (χ0v) is 20.3. The summed E-state index contributed by atoms with van der Waals surface area (Å²) in [6, 6.07) is 11.8. The molecule has 0 amide bonds. The summed E-state index contributed by atoms with van der Waals surface area (Å²) in [5, 5.41) is 5.39. The summed E-state index contributed by atoms with van der Waals surface area (Å²) in [5.41, 5.74) is 3.86. The summed E-state index contributed by atoms with van der Waals surface area (Å²) in [4.78, 5) is 27.9. The number of hydrogen-bond acceptors (Lipinski definition) is 7. The van der Waals surface area contributed by atoms with Gasteiger partial charge in [0.15, 0.2) is 5.78 Å². The molecule has 1 N–H and O–H groups in total. The Morgan fingerprint density at radius 1 is 1.21 bits per heavy atom. The Hall–Kier alpha value is -2.90. The number of thiophene rings is 1. The summed E-state index contributed by atoms with van der Waals surface area (Å²) in [5.74, 6) is 0.0600. The highest BCUT2D eigenvalue weighted by Gasteiger charge is 2.42. The van der Waals surface area contributed by atoms with Gasteiger partial charge in [0.05, 0.1) is 24.7 Å². The minimum Gasteiger partial charge on any atom is -0.496 e. The fourth-order valence-electron chi connectivity index (χ4n) is 5.30. The van der Waals surface area contributed by atoms with Crippen LogP contribution in [-0.2, 0) is 19.1 Å². The maximum Gasteiger partial charge on any atom is 0.336 e. The standard InChI is InChI=1S/C27H29NO5S/c1-16-24(27(30)33-15-18-7-5-11-32-18)26(23-10-6-12-34-23)25-20(28-16)13-17(14-21(25)29)19-8-3-4-9-22(19)31-2/h3-4,6,8-10,12,17-18,26,28H,5,7,11,13-15H2,1-2H3/t17-,18+,26-/m1/s1. The summed E-state index contributed by atoms with van der Waals surface area (Å²) >= 11 is 1.56. The van der Waals surface area contributed by atoms with E-state index in [0.717, 1.165) is 40.4 Å². The molecular weight excluding hydrogens is 450 g/mol. The Morgan fingerprint density at radius 2 is 2.06 bits per heavy atom. The molecule has 0 bridgehead atoms. The quantitative estimate of drug-likeness (QED) is 0.598. The molecule has 7 heteroatoms. The highest BCUT2D eigenvalue weighted by atomic mass is 32.1. The average molecular weight is 480 g/mol. The van der Waals surface area contributed by atoms with E-state index >= 15 is 0 Å². The smallest absolute Gasteiger partial charge is 0.336 e. The van der Waals surface area contributed by atoms with Crippen LogP contribution in [0.15, 0.2) is 64.3 Å². The SMILES string of the molecule is COc1ccccc1[C@H]1CC(=O)C2=C(C1)NC(C)=C(C(=O)OC[C@@H]1CCCO1)[C@H]2c1cccs1. The maximum atomic E-state index is 13.6. The van der Waals surface area contributed by atoms with E-state index in [1.807, 2.05) is 48.7 Å². The molecular formula is C27H29NO5S. The van der Waals surface area contributed by atoms with Crippen LogP contribution in [0.1, 0.15) is 54.9 Å². The monoisotopic (exact) mass is 479 g/mol. The van der Waals surface area contributed by atoms with Crippen LogP contribution in [0.4, 0.5) is 0 Å². The molecule has 3 aliphatic rings. The van der Waals surface area contributed by atoms with Gasteiger partial charge in [0.2, 0.25) is 0 Å². The van der Waals surface area contributed by atoms with Gasteiger partial charge in [-0.2, -0.15) is 0 Å². The van der Waals surface area contributed by atoms with Crippen molar-refractivity contribution in [1.29, 1.82) is 0 Å². The third-order valence-electron chi connectivity index (χ3n) is 6.88. The highest BCUT2D eigenvalue weighted by Crippen LogP contribution is 2.47. The lowest BCUT2D eigenvalue weighted by Gasteiger charge is -2.36. The fraction of sp³-hybridized carbons (Fsp3) is 0.407. The summed E-state index contributed by atoms with van der Waals surface area (Å²) in [6.07, 6.45) is 2.89. The van der Waals surface area contributed by atoms with Crippen molar-refractivity contribution in [2.24, 2.45) is 0 Å². The number of methoxy groups -OCH3 is 1. The number of rotatable bonds is 6. The van der Waals surface area contributed by atoms with Gasteiger partial charge in [-0.25, -0.2) is 4.79 Å². The van der Waals surface area contributed by atoms with Gasteiger partial charge in [0.1, 0.15) is 12.4 Å². The normalized spacial score (nSPS) is 24.6. The Labute approximate surface area is 203 Å². The highest BCUT2D eigenvalue weighted by molar-refractivity contribution is 7.10. The molecule has 1 aromatic carbocycles. The second-order valence-electron chi connectivity index (χ2n) is 9.01. The van der Waals surface area contributed by atoms with Crippen LogP contribution >= 0.6 is 11.3 Å². The van der Waals surface area contributed by atoms with Crippen molar-refractivity contribution >= 4 is 23.1 Å². The number of esters is 1. The predicted molar refractivity (Wildman–Crippen MR) is 130 cm³/mol. The molecule has 0 radical (unpaired) electrons. The van der Waals surface area contributed by atoms with Crippen molar-refractivity contribution in [3.8, 4) is 5.75 Å². The molecule has 1 fully saturated rings. The number of carbonyl (C=O) groups is 2. The molecule has 2 aromatic rings. The molecule has 1 aromatic heterocycles. The van der Waals surface area contributed by atoms with Gasteiger partial charge in [0.25, 0.3) is 0 Å². The number of ether oxygens (including phenoxy) is 3. The van der Waals surface area contributed by atoms with Crippen molar-refractivity contribution in [3.05, 3.63) is 74.8 Å². The molecule has 1 aliphatic carbocycles. The molecule has 0 spiro atoms. The Morgan fingerprint density at radius 3 is 2.79 bits per heavy atom. The lowest BCUT2D eigenvalue weighted by atomic mass is 9.73. The Kier molecular flexibility index (Phi) is 6.57. The van der Waals surface area contributed by atoms with Crippen molar-refractivity contribution in [2.45, 2.75) is 50.5 Å². The third-order valence-corrected chi connectivity index (χ3v) is 7.82. The van der Waals surface area contributed by atoms with E-state index in [2.05, 4.69) is 5.32 Å². The van der Waals surface area contributed by atoms with E-state index in [9.17, 15) is 9.59 Å². The second-order valence-corrected chi connectivity index (χ2v) is 9.99. The van der Waals surface area contributed by atoms with E-state index in [4.69, 9.17) is 14.2 Å². The number of carbonyl (C=O) groups excluding carboxylic acids is 2. The average Bonchev–Trinajstić information content (AvgIpc) is 3.56. The third kappa shape index (κ3) is 4.30. The molecule has 1 saturated heterocycles. The van der Waals surface area contributed by atoms with Crippen LogP contribution in [0.2, 0.25) is 0 Å². The number of dihydropyridines is 1. The van der Waals surface area contributed by atoms with Crippen LogP contribution < -0.4 is 10.1 Å². The van der Waals surface area contributed by atoms with Gasteiger partial charge in [-0.05, 0) is 49.3 Å². The number of para-hydroxylation sites is 1. The van der Waals surface area contributed by atoms with Crippen molar-refractivity contribution in [3.63, 3.8) is 0 Å².